The van der Waals surface area contributed by atoms with Crippen LogP contribution in [0.5, 0.6) is 0 Å². The summed E-state index contributed by atoms with van der Waals surface area (Å²) in [7, 11) is 0. The van der Waals surface area contributed by atoms with Gasteiger partial charge in [0.25, 0.3) is 5.92 Å². The molecule has 0 atom stereocenters. The summed E-state index contributed by atoms with van der Waals surface area (Å²) in [6, 6.07) is 1.08. The quantitative estimate of drug-likeness (QED) is 0.554. The van der Waals surface area contributed by atoms with E-state index in [1.165, 1.54) is 0 Å². The van der Waals surface area contributed by atoms with Crippen molar-refractivity contribution in [1.29, 1.82) is 0 Å². The molecular formula is C10H8F2LiNO3. The first-order valence-corrected chi connectivity index (χ1v) is 4.69. The van der Waals surface area contributed by atoms with Gasteiger partial charge in [-0.1, -0.05) is 0 Å². The van der Waals surface area contributed by atoms with Crippen LogP contribution in [0, 0.1) is 0 Å². The number of hydrogen-bond acceptors (Lipinski definition) is 4. The molecule has 1 aromatic heterocycles. The molecule has 2 rings (SSSR count). The fraction of sp³-hybridized carbons (Fsp3) is 0.400. The summed E-state index contributed by atoms with van der Waals surface area (Å²) in [5.74, 6) is -4.75. The summed E-state index contributed by atoms with van der Waals surface area (Å²) >= 11 is 0. The summed E-state index contributed by atoms with van der Waals surface area (Å²) in [6.07, 6.45) is -0.308. The number of carboxylic acids is 1. The molecule has 0 spiro atoms. The van der Waals surface area contributed by atoms with E-state index in [2.05, 4.69) is 4.98 Å². The third-order valence-electron chi connectivity index (χ3n) is 2.63. The number of carbonyl (C=O) groups is 1. The van der Waals surface area contributed by atoms with Crippen molar-refractivity contribution in [3.05, 3.63) is 28.6 Å². The summed E-state index contributed by atoms with van der Waals surface area (Å²) in [6.45, 7) is -0.485. The van der Waals surface area contributed by atoms with Crippen molar-refractivity contribution in [3.63, 3.8) is 0 Å². The van der Waals surface area contributed by atoms with E-state index in [4.69, 9.17) is 5.11 Å². The van der Waals surface area contributed by atoms with Crippen molar-refractivity contribution in [2.24, 2.45) is 0 Å². The maximum Gasteiger partial charge on any atom is 1.00 e. The van der Waals surface area contributed by atoms with Crippen LogP contribution in [0.1, 0.15) is 33.7 Å². The van der Waals surface area contributed by atoms with Crippen molar-refractivity contribution < 1.29 is 42.6 Å². The maximum absolute atomic E-state index is 13.3. The average molecular weight is 235 g/mol. The van der Waals surface area contributed by atoms with Gasteiger partial charge in [0.15, 0.2) is 0 Å². The fourth-order valence-electron chi connectivity index (χ4n) is 1.85. The molecule has 17 heavy (non-hydrogen) atoms. The third-order valence-corrected chi connectivity index (χ3v) is 2.63. The monoisotopic (exact) mass is 235 g/mol. The number of fused-ring (bicyclic) bond motifs is 1. The number of rotatable bonds is 2. The summed E-state index contributed by atoms with van der Waals surface area (Å²) in [5, 5.41) is 19.6. The van der Waals surface area contributed by atoms with E-state index in [0.29, 0.717) is 0 Å². The van der Waals surface area contributed by atoms with Gasteiger partial charge in [-0.25, -0.2) is 4.98 Å². The minimum Gasteiger partial charge on any atom is -0.543 e. The summed E-state index contributed by atoms with van der Waals surface area (Å²) in [5.41, 5.74) is -0.679. The SMILES string of the molecule is O=C([O-])c1cc(CO)c2c(n1)C(F)(F)CC2.[Li+]. The van der Waals surface area contributed by atoms with Crippen LogP contribution in [-0.4, -0.2) is 16.1 Å². The minimum atomic E-state index is -3.12. The van der Waals surface area contributed by atoms with Gasteiger partial charge in [-0.05, 0) is 23.6 Å². The van der Waals surface area contributed by atoms with Gasteiger partial charge < -0.3 is 15.0 Å². The number of aromatic nitrogens is 1. The molecule has 1 heterocycles. The van der Waals surface area contributed by atoms with Gasteiger partial charge >= 0.3 is 18.9 Å². The second kappa shape index (κ2) is 4.73. The van der Waals surface area contributed by atoms with Crippen molar-refractivity contribution in [3.8, 4) is 0 Å². The molecule has 1 aliphatic carbocycles. The Balaban J connectivity index is 0.00000144. The molecule has 0 radical (unpaired) electrons. The van der Waals surface area contributed by atoms with Crippen LogP contribution in [0.15, 0.2) is 6.07 Å². The Kier molecular flexibility index (Phi) is 3.92. The van der Waals surface area contributed by atoms with Gasteiger partial charge in [-0.2, -0.15) is 8.78 Å². The van der Waals surface area contributed by atoms with Gasteiger partial charge in [-0.15, -0.1) is 0 Å². The number of halogens is 2. The van der Waals surface area contributed by atoms with Gasteiger partial charge in [0.2, 0.25) is 0 Å². The number of aliphatic hydroxyl groups excluding tert-OH is 1. The number of hydrogen-bond donors (Lipinski definition) is 1. The van der Waals surface area contributed by atoms with Crippen LogP contribution in [0.3, 0.4) is 0 Å². The van der Waals surface area contributed by atoms with Gasteiger partial charge in [0.1, 0.15) is 5.69 Å². The molecule has 0 bridgehead atoms. The summed E-state index contributed by atoms with van der Waals surface area (Å²) < 4.78 is 26.7. The normalized spacial score (nSPS) is 16.2. The zero-order chi connectivity index (χ0) is 11.9. The predicted molar refractivity (Wildman–Crippen MR) is 46.7 cm³/mol. The molecule has 7 heteroatoms. The molecule has 0 unspecified atom stereocenters. The molecular weight excluding hydrogens is 227 g/mol. The molecule has 1 aromatic rings. The molecule has 0 fully saturated rings. The minimum absolute atomic E-state index is 0. The Morgan fingerprint density at radius 2 is 2.24 bits per heavy atom. The Bertz CT molecular complexity index is 465. The Labute approximate surface area is 108 Å². The zero-order valence-corrected chi connectivity index (χ0v) is 9.17. The molecule has 86 valence electrons. The topological polar surface area (TPSA) is 73.2 Å². The average Bonchev–Trinajstić information content (AvgIpc) is 2.54. The van der Waals surface area contributed by atoms with Crippen molar-refractivity contribution >= 4 is 5.97 Å². The number of carbonyl (C=O) groups excluding carboxylic acids is 1. The largest absolute Gasteiger partial charge is 1.00 e. The number of alkyl halides is 2. The molecule has 0 amide bonds. The number of aromatic carboxylic acids is 1. The molecule has 4 nitrogen and oxygen atoms in total. The van der Waals surface area contributed by atoms with Crippen LogP contribution < -0.4 is 24.0 Å². The van der Waals surface area contributed by atoms with Crippen molar-refractivity contribution in [1.82, 2.24) is 4.98 Å². The first-order valence-electron chi connectivity index (χ1n) is 4.69. The number of nitrogens with zero attached hydrogens (tertiary/aromatic N) is 1. The summed E-state index contributed by atoms with van der Waals surface area (Å²) in [4.78, 5) is 14.0. The van der Waals surface area contributed by atoms with Gasteiger partial charge in [0.05, 0.1) is 18.3 Å². The molecule has 0 aliphatic heterocycles. The van der Waals surface area contributed by atoms with E-state index in [-0.39, 0.29) is 36.4 Å². The van der Waals surface area contributed by atoms with Gasteiger partial charge in [0, 0.05) is 6.42 Å². The molecule has 0 saturated carbocycles. The molecule has 0 saturated heterocycles. The van der Waals surface area contributed by atoms with E-state index in [1.807, 2.05) is 0 Å². The molecule has 0 aromatic carbocycles. The van der Waals surface area contributed by atoms with Crippen LogP contribution in [0.2, 0.25) is 0 Å². The number of aliphatic hydroxyl groups is 1. The smallest absolute Gasteiger partial charge is 0.543 e. The van der Waals surface area contributed by atoms with Crippen LogP contribution in [0.4, 0.5) is 8.78 Å². The number of carboxylic acid groups (broad SMARTS) is 1. The van der Waals surface area contributed by atoms with Gasteiger partial charge in [-0.3, -0.25) is 0 Å². The predicted octanol–water partition coefficient (Wildman–Crippen LogP) is -3.02. The zero-order valence-electron chi connectivity index (χ0n) is 9.17. The van der Waals surface area contributed by atoms with E-state index >= 15 is 0 Å². The Hall–Kier alpha value is -0.963. The second-order valence-electron chi connectivity index (χ2n) is 3.64. The molecule has 1 aliphatic rings. The maximum atomic E-state index is 13.3. The van der Waals surface area contributed by atoms with E-state index in [9.17, 15) is 18.7 Å². The molecule has 1 N–H and O–H groups in total. The Morgan fingerprint density at radius 3 is 2.76 bits per heavy atom. The number of pyridine rings is 1. The van der Waals surface area contributed by atoms with Crippen LogP contribution in [0.25, 0.3) is 0 Å². The van der Waals surface area contributed by atoms with Crippen molar-refractivity contribution in [2.45, 2.75) is 25.4 Å². The fourth-order valence-corrected chi connectivity index (χ4v) is 1.85. The van der Waals surface area contributed by atoms with E-state index in [0.717, 1.165) is 6.07 Å². The third kappa shape index (κ3) is 2.34. The van der Waals surface area contributed by atoms with Crippen LogP contribution >= 0.6 is 0 Å². The van der Waals surface area contributed by atoms with Crippen LogP contribution in [-0.2, 0) is 19.0 Å². The van der Waals surface area contributed by atoms with E-state index < -0.39 is 36.3 Å². The Morgan fingerprint density at radius 1 is 1.59 bits per heavy atom. The first kappa shape index (κ1) is 14.1. The standard InChI is InChI=1S/C10H9F2NO3.Li/c11-10(12)2-1-6-5(4-14)3-7(9(15)16)13-8(6)10;/h3,14H,1-2,4H2,(H,15,16);/q;+1/p-1. The first-order chi connectivity index (χ1) is 7.45. The second-order valence-corrected chi connectivity index (χ2v) is 3.64. The van der Waals surface area contributed by atoms with Crippen molar-refractivity contribution in [2.75, 3.05) is 0 Å². The van der Waals surface area contributed by atoms with E-state index in [1.54, 1.807) is 0 Å².